The Labute approximate surface area is 112 Å². The Balaban J connectivity index is 2.29. The fraction of sp³-hybridized carbons (Fsp3) is 0.222. The normalized spacial score (nSPS) is 11.6. The van der Waals surface area contributed by atoms with Crippen LogP contribution in [-0.4, -0.2) is 34.7 Å². The second-order valence-electron chi connectivity index (χ2n) is 3.64. The summed E-state index contributed by atoms with van der Waals surface area (Å²) < 4.78 is 26.4. The van der Waals surface area contributed by atoms with Crippen LogP contribution in [0, 0.1) is 6.92 Å². The second-order valence-corrected chi connectivity index (χ2v) is 6.06. The van der Waals surface area contributed by atoms with Gasteiger partial charge in [0.25, 0.3) is 0 Å². The summed E-state index contributed by atoms with van der Waals surface area (Å²) in [5.41, 5.74) is 1.79. The largest absolute Gasteiger partial charge is 0.476 e. The number of aromatic carboxylic acids is 1. The Morgan fingerprint density at radius 1 is 1.58 bits per heavy atom. The molecule has 0 saturated heterocycles. The van der Waals surface area contributed by atoms with Crippen molar-refractivity contribution in [1.82, 2.24) is 19.9 Å². The van der Waals surface area contributed by atoms with E-state index in [-0.39, 0.29) is 17.1 Å². The molecule has 19 heavy (non-hydrogen) atoms. The van der Waals surface area contributed by atoms with Crippen LogP contribution in [0.2, 0.25) is 0 Å². The van der Waals surface area contributed by atoms with Crippen LogP contribution in [-0.2, 0) is 16.6 Å². The zero-order valence-corrected chi connectivity index (χ0v) is 11.4. The number of thiazole rings is 1. The van der Waals surface area contributed by atoms with Gasteiger partial charge in [-0.25, -0.2) is 22.9 Å². The smallest absolute Gasteiger partial charge is 0.357 e. The summed E-state index contributed by atoms with van der Waals surface area (Å²) in [6.07, 6.45) is 0. The molecule has 10 heteroatoms. The molecule has 3 N–H and O–H groups in total. The molecule has 0 amide bonds. The molecule has 0 spiro atoms. The number of carboxylic acids is 1. The average Bonchev–Trinajstić information content (AvgIpc) is 2.95. The summed E-state index contributed by atoms with van der Waals surface area (Å²) >= 11 is 1.34. The number of aromatic amines is 1. The van der Waals surface area contributed by atoms with Gasteiger partial charge < -0.3 is 5.11 Å². The lowest BCUT2D eigenvalue weighted by atomic mass is 10.4. The van der Waals surface area contributed by atoms with Crippen molar-refractivity contribution < 1.29 is 18.3 Å². The molecule has 0 aliphatic carbocycles. The van der Waals surface area contributed by atoms with E-state index in [0.717, 1.165) is 0 Å². The molecule has 0 radical (unpaired) electrons. The third kappa shape index (κ3) is 2.80. The molecule has 0 aliphatic heterocycles. The number of nitrogens with one attached hydrogen (secondary N) is 2. The Morgan fingerprint density at radius 2 is 2.32 bits per heavy atom. The number of H-pyrrole nitrogens is 1. The van der Waals surface area contributed by atoms with E-state index in [1.807, 2.05) is 0 Å². The van der Waals surface area contributed by atoms with Crippen LogP contribution in [0.4, 0.5) is 0 Å². The van der Waals surface area contributed by atoms with Gasteiger partial charge in [-0.05, 0) is 6.92 Å². The Bertz CT molecular complexity index is 690. The summed E-state index contributed by atoms with van der Waals surface area (Å²) in [5, 5.41) is 16.4. The van der Waals surface area contributed by atoms with Crippen molar-refractivity contribution in [3.63, 3.8) is 0 Å². The second kappa shape index (κ2) is 5.07. The molecule has 0 atom stereocenters. The number of carboxylic acid groups (broad SMARTS) is 1. The van der Waals surface area contributed by atoms with E-state index < -0.39 is 21.7 Å². The first-order valence-electron chi connectivity index (χ1n) is 5.07. The van der Waals surface area contributed by atoms with Crippen LogP contribution in [0.15, 0.2) is 15.8 Å². The van der Waals surface area contributed by atoms with Gasteiger partial charge in [0, 0.05) is 5.38 Å². The van der Waals surface area contributed by atoms with Gasteiger partial charge in [0.2, 0.25) is 10.0 Å². The lowest BCUT2D eigenvalue weighted by Crippen LogP contribution is -2.25. The lowest BCUT2D eigenvalue weighted by Gasteiger charge is -2.05. The number of sulfonamides is 1. The van der Waals surface area contributed by atoms with Gasteiger partial charge in [0.1, 0.15) is 4.90 Å². The summed E-state index contributed by atoms with van der Waals surface area (Å²) in [7, 11) is -3.96. The Hall–Kier alpha value is -1.78. The molecular weight excluding hydrogens is 292 g/mol. The van der Waals surface area contributed by atoms with Crippen molar-refractivity contribution in [3.8, 4) is 0 Å². The molecule has 0 bridgehead atoms. The molecule has 0 saturated carbocycles. The van der Waals surface area contributed by atoms with E-state index in [9.17, 15) is 13.2 Å². The quantitative estimate of drug-likeness (QED) is 0.732. The van der Waals surface area contributed by atoms with Crippen molar-refractivity contribution in [2.75, 3.05) is 0 Å². The number of rotatable bonds is 5. The van der Waals surface area contributed by atoms with Crippen LogP contribution in [0.3, 0.4) is 0 Å². The first kappa shape index (κ1) is 13.6. The minimum Gasteiger partial charge on any atom is -0.476 e. The predicted molar refractivity (Wildman–Crippen MR) is 66.4 cm³/mol. The van der Waals surface area contributed by atoms with Crippen molar-refractivity contribution in [2.24, 2.45) is 0 Å². The third-order valence-electron chi connectivity index (χ3n) is 2.29. The zero-order chi connectivity index (χ0) is 14.0. The van der Waals surface area contributed by atoms with E-state index in [1.54, 1.807) is 10.9 Å². The van der Waals surface area contributed by atoms with Gasteiger partial charge in [0.05, 0.1) is 23.4 Å². The van der Waals surface area contributed by atoms with Crippen LogP contribution < -0.4 is 4.72 Å². The number of nitrogens with zero attached hydrogens (tertiary/aromatic N) is 2. The van der Waals surface area contributed by atoms with Crippen molar-refractivity contribution >= 4 is 27.3 Å². The maximum atomic E-state index is 12.1. The van der Waals surface area contributed by atoms with Crippen molar-refractivity contribution in [1.29, 1.82) is 0 Å². The molecule has 102 valence electrons. The highest BCUT2D eigenvalue weighted by atomic mass is 32.2. The summed E-state index contributed by atoms with van der Waals surface area (Å²) in [6.45, 7) is 1.44. The van der Waals surface area contributed by atoms with Gasteiger partial charge in [-0.15, -0.1) is 11.3 Å². The Kier molecular flexibility index (Phi) is 3.64. The first-order valence-corrected chi connectivity index (χ1v) is 7.49. The topological polar surface area (TPSA) is 125 Å². The number of hydrogen-bond acceptors (Lipinski definition) is 6. The minimum absolute atomic E-state index is 0.00445. The third-order valence-corrected chi connectivity index (χ3v) is 4.49. The van der Waals surface area contributed by atoms with Crippen LogP contribution in [0.25, 0.3) is 0 Å². The SMILES string of the molecule is Cc1[nH]nc(C(=O)O)c1S(=O)(=O)NCc1cscn1. The monoisotopic (exact) mass is 302 g/mol. The van der Waals surface area contributed by atoms with Crippen LogP contribution in [0.1, 0.15) is 21.9 Å². The summed E-state index contributed by atoms with van der Waals surface area (Å²) in [4.78, 5) is 14.5. The number of hydrogen-bond donors (Lipinski definition) is 3. The lowest BCUT2D eigenvalue weighted by molar-refractivity contribution is 0.0686. The molecule has 0 aromatic carbocycles. The van der Waals surface area contributed by atoms with Gasteiger partial charge >= 0.3 is 5.97 Å². The molecule has 0 aliphatic rings. The molecule has 0 unspecified atom stereocenters. The van der Waals surface area contributed by atoms with Crippen molar-refractivity contribution in [3.05, 3.63) is 28.0 Å². The highest BCUT2D eigenvalue weighted by molar-refractivity contribution is 7.89. The van der Waals surface area contributed by atoms with Gasteiger partial charge in [-0.2, -0.15) is 5.10 Å². The first-order chi connectivity index (χ1) is 8.92. The zero-order valence-electron chi connectivity index (χ0n) is 9.74. The van der Waals surface area contributed by atoms with Crippen LogP contribution in [0.5, 0.6) is 0 Å². The van der Waals surface area contributed by atoms with Crippen molar-refractivity contribution in [2.45, 2.75) is 18.4 Å². The highest BCUT2D eigenvalue weighted by Crippen LogP contribution is 2.17. The van der Waals surface area contributed by atoms with E-state index in [4.69, 9.17) is 5.11 Å². The fourth-order valence-electron chi connectivity index (χ4n) is 1.46. The van der Waals surface area contributed by atoms with Gasteiger partial charge in [-0.3, -0.25) is 5.10 Å². The van der Waals surface area contributed by atoms with E-state index in [1.165, 1.54) is 18.3 Å². The summed E-state index contributed by atoms with van der Waals surface area (Å²) in [6, 6.07) is 0. The van der Waals surface area contributed by atoms with E-state index in [2.05, 4.69) is 19.9 Å². The molecule has 2 aromatic rings. The maximum Gasteiger partial charge on any atom is 0.357 e. The van der Waals surface area contributed by atoms with Crippen LogP contribution >= 0.6 is 11.3 Å². The predicted octanol–water partition coefficient (Wildman–Crippen LogP) is 0.351. The van der Waals surface area contributed by atoms with E-state index >= 15 is 0 Å². The summed E-state index contributed by atoms with van der Waals surface area (Å²) in [5.74, 6) is -1.40. The Morgan fingerprint density at radius 3 is 2.89 bits per heavy atom. The maximum absolute atomic E-state index is 12.1. The average molecular weight is 302 g/mol. The molecule has 8 nitrogen and oxygen atoms in total. The number of aryl methyl sites for hydroxylation is 1. The molecule has 2 aromatic heterocycles. The molecular formula is C9H10N4O4S2. The molecule has 2 rings (SSSR count). The minimum atomic E-state index is -3.96. The van der Waals surface area contributed by atoms with Gasteiger partial charge in [-0.1, -0.05) is 0 Å². The number of aromatic nitrogens is 3. The van der Waals surface area contributed by atoms with Gasteiger partial charge in [0.15, 0.2) is 5.69 Å². The fourth-order valence-corrected chi connectivity index (χ4v) is 3.34. The molecule has 2 heterocycles. The number of carbonyl (C=O) groups is 1. The van der Waals surface area contributed by atoms with E-state index in [0.29, 0.717) is 5.69 Å². The standard InChI is InChI=1S/C9H10N4O4S2/c1-5-8(7(9(14)15)13-12-5)19(16,17)11-2-6-3-18-4-10-6/h3-4,11H,2H2,1H3,(H,12,13)(H,14,15). The highest BCUT2D eigenvalue weighted by Gasteiger charge is 2.28. The molecule has 0 fully saturated rings.